The van der Waals surface area contributed by atoms with Crippen molar-refractivity contribution in [1.82, 2.24) is 14.7 Å². The van der Waals surface area contributed by atoms with Gasteiger partial charge in [-0.1, -0.05) is 17.7 Å². The molecule has 2 heterocycles. The van der Waals surface area contributed by atoms with Crippen molar-refractivity contribution in [3.63, 3.8) is 0 Å². The topological polar surface area (TPSA) is 38.8 Å². The van der Waals surface area contributed by atoms with Gasteiger partial charge in [-0.25, -0.2) is 4.79 Å². The number of nitrogens with zero attached hydrogens (tertiary/aromatic N) is 3. The van der Waals surface area contributed by atoms with Gasteiger partial charge in [0.1, 0.15) is 0 Å². The van der Waals surface area contributed by atoms with E-state index in [1.165, 1.54) is 6.42 Å². The number of amides is 2. The van der Waals surface area contributed by atoms with Crippen LogP contribution in [0.25, 0.3) is 0 Å². The van der Waals surface area contributed by atoms with Crippen molar-refractivity contribution in [3.8, 4) is 0 Å². The van der Waals surface area contributed by atoms with Gasteiger partial charge in [0.25, 0.3) is 0 Å². The average Bonchev–Trinajstić information content (AvgIpc) is 2.61. The van der Waals surface area contributed by atoms with E-state index in [2.05, 4.69) is 22.2 Å². The molecule has 3 rings (SSSR count). The predicted molar refractivity (Wildman–Crippen MR) is 103 cm³/mol. The van der Waals surface area contributed by atoms with Gasteiger partial charge >= 0.3 is 6.03 Å². The lowest BCUT2D eigenvalue weighted by atomic mass is 9.99. The lowest BCUT2D eigenvalue weighted by Gasteiger charge is -2.38. The van der Waals surface area contributed by atoms with Crippen LogP contribution in [0, 0.1) is 0 Å². The Morgan fingerprint density at radius 3 is 2.76 bits per heavy atom. The number of hydrogen-bond donors (Lipinski definition) is 1. The quantitative estimate of drug-likeness (QED) is 0.890. The molecule has 0 saturated carbocycles. The third-order valence-electron chi connectivity index (χ3n) is 5.34. The Labute approximate surface area is 155 Å². The van der Waals surface area contributed by atoms with Gasteiger partial charge in [-0.2, -0.15) is 0 Å². The highest BCUT2D eigenvalue weighted by atomic mass is 35.5. The first kappa shape index (κ1) is 18.5. The van der Waals surface area contributed by atoms with Gasteiger partial charge in [-0.05, 0) is 50.9 Å². The number of halogens is 1. The zero-order valence-electron chi connectivity index (χ0n) is 15.1. The lowest BCUT2D eigenvalue weighted by Crippen LogP contribution is -2.49. The number of carbonyl (C=O) groups excluding carboxylic acids is 1. The lowest BCUT2D eigenvalue weighted by molar-refractivity contribution is 0.122. The van der Waals surface area contributed by atoms with E-state index in [1.54, 1.807) is 6.07 Å². The second-order valence-electron chi connectivity index (χ2n) is 7.22. The number of benzene rings is 1. The third kappa shape index (κ3) is 5.33. The summed E-state index contributed by atoms with van der Waals surface area (Å²) in [5.41, 5.74) is 0.765. The van der Waals surface area contributed by atoms with Gasteiger partial charge in [0.2, 0.25) is 0 Å². The van der Waals surface area contributed by atoms with Crippen molar-refractivity contribution in [2.45, 2.75) is 31.7 Å². The van der Waals surface area contributed by atoms with E-state index in [0.717, 1.165) is 64.2 Å². The molecule has 25 heavy (non-hydrogen) atoms. The minimum Gasteiger partial charge on any atom is -0.322 e. The van der Waals surface area contributed by atoms with Crippen LogP contribution >= 0.6 is 11.6 Å². The number of likely N-dealkylation sites (tertiary alicyclic amines) is 1. The highest BCUT2D eigenvalue weighted by Crippen LogP contribution is 2.22. The van der Waals surface area contributed by atoms with Crippen LogP contribution in [0.1, 0.15) is 25.7 Å². The molecule has 0 spiro atoms. The fourth-order valence-electron chi connectivity index (χ4n) is 3.73. The molecule has 1 aromatic rings. The summed E-state index contributed by atoms with van der Waals surface area (Å²) in [6.07, 6.45) is 4.48. The molecule has 0 unspecified atom stereocenters. The molecule has 0 bridgehead atoms. The molecule has 1 atom stereocenters. The molecule has 1 N–H and O–H groups in total. The molecule has 0 aliphatic carbocycles. The number of rotatable bonds is 4. The van der Waals surface area contributed by atoms with Crippen molar-refractivity contribution < 1.29 is 4.79 Å². The van der Waals surface area contributed by atoms with Gasteiger partial charge in [-0.15, -0.1) is 0 Å². The maximum atomic E-state index is 12.7. The molecule has 2 amide bonds. The normalized spacial score (nSPS) is 22.8. The zero-order chi connectivity index (χ0) is 17.6. The molecule has 5 nitrogen and oxygen atoms in total. The molecule has 2 fully saturated rings. The van der Waals surface area contributed by atoms with E-state index >= 15 is 0 Å². The number of nitrogens with one attached hydrogen (secondary N) is 1. The second-order valence-corrected chi connectivity index (χ2v) is 7.65. The third-order valence-corrected chi connectivity index (χ3v) is 5.57. The van der Waals surface area contributed by atoms with E-state index < -0.39 is 0 Å². The number of carbonyl (C=O) groups is 1. The fraction of sp³-hybridized carbons (Fsp3) is 0.632. The van der Waals surface area contributed by atoms with Crippen LogP contribution in [0.15, 0.2) is 24.3 Å². The second kappa shape index (κ2) is 8.88. The highest BCUT2D eigenvalue weighted by molar-refractivity contribution is 6.30. The summed E-state index contributed by atoms with van der Waals surface area (Å²) in [6.45, 7) is 6.49. The first-order valence-corrected chi connectivity index (χ1v) is 9.74. The Morgan fingerprint density at radius 1 is 1.20 bits per heavy atom. The van der Waals surface area contributed by atoms with E-state index in [9.17, 15) is 4.79 Å². The van der Waals surface area contributed by atoms with Gasteiger partial charge < -0.3 is 20.0 Å². The number of urea groups is 1. The van der Waals surface area contributed by atoms with E-state index in [1.807, 2.05) is 23.1 Å². The number of piperidine rings is 1. The number of anilines is 1. The van der Waals surface area contributed by atoms with Gasteiger partial charge in [0.05, 0.1) is 0 Å². The predicted octanol–water partition coefficient (Wildman–Crippen LogP) is 3.36. The standard InChI is InChI=1S/C19H29ClN4O/c1-22-11-13-23(14-12-22)10-8-18-7-2-3-9-24(18)19(25)21-17-6-4-5-16(20)15-17/h4-6,15,18H,2-3,7-14H2,1H3,(H,21,25)/t18-/m1/s1. The Bertz CT molecular complexity index is 574. The monoisotopic (exact) mass is 364 g/mol. The zero-order valence-corrected chi connectivity index (χ0v) is 15.8. The summed E-state index contributed by atoms with van der Waals surface area (Å²) < 4.78 is 0. The van der Waals surface area contributed by atoms with Crippen LogP contribution in [0.5, 0.6) is 0 Å². The maximum absolute atomic E-state index is 12.7. The molecule has 0 aromatic heterocycles. The van der Waals surface area contributed by atoms with Crippen molar-refractivity contribution in [2.75, 3.05) is 51.6 Å². The minimum atomic E-state index is 0.00495. The summed E-state index contributed by atoms with van der Waals surface area (Å²) in [4.78, 5) is 19.7. The van der Waals surface area contributed by atoms with Crippen molar-refractivity contribution in [2.24, 2.45) is 0 Å². The smallest absolute Gasteiger partial charge is 0.322 e. The number of hydrogen-bond acceptors (Lipinski definition) is 3. The van der Waals surface area contributed by atoms with Crippen LogP contribution in [0.4, 0.5) is 10.5 Å². The summed E-state index contributed by atoms with van der Waals surface area (Å²) >= 11 is 6.01. The molecule has 1 aromatic carbocycles. The number of likely N-dealkylation sites (N-methyl/N-ethyl adjacent to an activating group) is 1. The number of piperazine rings is 1. The van der Waals surface area contributed by atoms with Crippen molar-refractivity contribution in [1.29, 1.82) is 0 Å². The molecule has 138 valence electrons. The van der Waals surface area contributed by atoms with Gasteiger partial charge in [0, 0.05) is 56.0 Å². The van der Waals surface area contributed by atoms with Crippen LogP contribution in [-0.4, -0.2) is 73.1 Å². The van der Waals surface area contributed by atoms with Crippen LogP contribution in [0.2, 0.25) is 5.02 Å². The summed E-state index contributed by atoms with van der Waals surface area (Å²) in [7, 11) is 2.18. The SMILES string of the molecule is CN1CCN(CC[C@H]2CCCCN2C(=O)Nc2cccc(Cl)c2)CC1. The Kier molecular flexibility index (Phi) is 6.57. The molecule has 2 saturated heterocycles. The van der Waals surface area contributed by atoms with E-state index in [4.69, 9.17) is 11.6 Å². The minimum absolute atomic E-state index is 0.00495. The summed E-state index contributed by atoms with van der Waals surface area (Å²) in [5, 5.41) is 3.65. The van der Waals surface area contributed by atoms with Crippen molar-refractivity contribution >= 4 is 23.3 Å². The van der Waals surface area contributed by atoms with Crippen LogP contribution in [0.3, 0.4) is 0 Å². The maximum Gasteiger partial charge on any atom is 0.322 e. The average molecular weight is 365 g/mol. The van der Waals surface area contributed by atoms with E-state index in [-0.39, 0.29) is 6.03 Å². The molecular formula is C19H29ClN4O. The molecule has 2 aliphatic rings. The fourth-order valence-corrected chi connectivity index (χ4v) is 3.92. The first-order valence-electron chi connectivity index (χ1n) is 9.36. The van der Waals surface area contributed by atoms with Crippen LogP contribution in [-0.2, 0) is 0 Å². The highest BCUT2D eigenvalue weighted by Gasteiger charge is 2.27. The first-order chi connectivity index (χ1) is 12.1. The van der Waals surface area contributed by atoms with E-state index in [0.29, 0.717) is 11.1 Å². The molecule has 6 heteroatoms. The molecule has 0 radical (unpaired) electrons. The summed E-state index contributed by atoms with van der Waals surface area (Å²) in [6, 6.07) is 7.70. The Balaban J connectivity index is 1.53. The largest absolute Gasteiger partial charge is 0.322 e. The Morgan fingerprint density at radius 2 is 2.00 bits per heavy atom. The van der Waals surface area contributed by atoms with Gasteiger partial charge in [-0.3, -0.25) is 0 Å². The Hall–Kier alpha value is -1.30. The van der Waals surface area contributed by atoms with Gasteiger partial charge in [0.15, 0.2) is 0 Å². The summed E-state index contributed by atoms with van der Waals surface area (Å²) in [5.74, 6) is 0. The molecular weight excluding hydrogens is 336 g/mol. The molecule has 2 aliphatic heterocycles. The van der Waals surface area contributed by atoms with Crippen LogP contribution < -0.4 is 5.32 Å². The van der Waals surface area contributed by atoms with Crippen molar-refractivity contribution in [3.05, 3.63) is 29.3 Å².